The Hall–Kier alpha value is -2.34. The molecule has 6 heteroatoms. The summed E-state index contributed by atoms with van der Waals surface area (Å²) in [5, 5.41) is 2.75. The Morgan fingerprint density at radius 1 is 1.23 bits per heavy atom. The lowest BCUT2D eigenvalue weighted by Crippen LogP contribution is -2.37. The molecule has 1 saturated heterocycles. The summed E-state index contributed by atoms with van der Waals surface area (Å²) >= 11 is 3.46. The quantitative estimate of drug-likeness (QED) is 0.833. The van der Waals surface area contributed by atoms with Crippen LogP contribution < -0.4 is 10.1 Å². The van der Waals surface area contributed by atoms with Gasteiger partial charge in [0.2, 0.25) is 0 Å². The van der Waals surface area contributed by atoms with Crippen molar-refractivity contribution in [1.29, 1.82) is 0 Å². The van der Waals surface area contributed by atoms with E-state index in [1.54, 1.807) is 18.2 Å². The fourth-order valence-electron chi connectivity index (χ4n) is 3.58. The van der Waals surface area contributed by atoms with Gasteiger partial charge in [-0.05, 0) is 55.2 Å². The maximum atomic E-state index is 13.0. The van der Waals surface area contributed by atoms with Gasteiger partial charge in [-0.1, -0.05) is 28.1 Å². The third-order valence-corrected chi connectivity index (χ3v) is 5.41. The van der Waals surface area contributed by atoms with Crippen LogP contribution in [0.15, 0.2) is 46.9 Å². The highest BCUT2D eigenvalue weighted by Crippen LogP contribution is 2.30. The van der Waals surface area contributed by atoms with Crippen molar-refractivity contribution in [2.24, 2.45) is 0 Å². The molecule has 2 aromatic carbocycles. The van der Waals surface area contributed by atoms with Crippen LogP contribution in [0.5, 0.6) is 5.75 Å². The Morgan fingerprint density at radius 3 is 2.85 bits per heavy atom. The highest BCUT2D eigenvalue weighted by Gasteiger charge is 2.30. The van der Waals surface area contributed by atoms with Gasteiger partial charge >= 0.3 is 0 Å². The number of rotatable bonds is 3. The summed E-state index contributed by atoms with van der Waals surface area (Å²) in [5.41, 5.74) is 2.45. The molecule has 1 N–H and O–H groups in total. The van der Waals surface area contributed by atoms with Gasteiger partial charge in [0.25, 0.3) is 11.8 Å². The minimum Gasteiger partial charge on any atom is -0.482 e. The van der Waals surface area contributed by atoms with Crippen molar-refractivity contribution in [1.82, 2.24) is 4.90 Å². The van der Waals surface area contributed by atoms with Crippen molar-refractivity contribution in [3.05, 3.63) is 58.1 Å². The van der Waals surface area contributed by atoms with E-state index in [9.17, 15) is 9.59 Å². The summed E-state index contributed by atoms with van der Waals surface area (Å²) in [4.78, 5) is 26.4. The van der Waals surface area contributed by atoms with E-state index in [0.717, 1.165) is 30.3 Å². The predicted molar refractivity (Wildman–Crippen MR) is 102 cm³/mol. The van der Waals surface area contributed by atoms with Crippen molar-refractivity contribution in [2.45, 2.75) is 25.3 Å². The number of amides is 2. The van der Waals surface area contributed by atoms with Gasteiger partial charge in [0.05, 0.1) is 5.69 Å². The van der Waals surface area contributed by atoms with Crippen LogP contribution in [0.3, 0.4) is 0 Å². The number of hydrogen-bond acceptors (Lipinski definition) is 3. The van der Waals surface area contributed by atoms with Crippen molar-refractivity contribution < 1.29 is 14.3 Å². The Labute approximate surface area is 160 Å². The number of likely N-dealkylation sites (tertiary alicyclic amines) is 1. The Kier molecular flexibility index (Phi) is 4.68. The van der Waals surface area contributed by atoms with Gasteiger partial charge in [-0.3, -0.25) is 9.59 Å². The van der Waals surface area contributed by atoms with E-state index in [2.05, 4.69) is 33.4 Å². The number of benzene rings is 2. The minimum atomic E-state index is -0.175. The van der Waals surface area contributed by atoms with Gasteiger partial charge < -0.3 is 15.0 Å². The molecule has 0 radical (unpaired) electrons. The number of ether oxygens (including phenoxy) is 1. The molecule has 4 rings (SSSR count). The highest BCUT2D eigenvalue weighted by molar-refractivity contribution is 9.10. The van der Waals surface area contributed by atoms with Crippen molar-refractivity contribution >= 4 is 33.4 Å². The fraction of sp³-hybridized carbons (Fsp3) is 0.300. The largest absolute Gasteiger partial charge is 0.482 e. The number of nitrogens with one attached hydrogen (secondary N) is 1. The van der Waals surface area contributed by atoms with Gasteiger partial charge in [-0.15, -0.1) is 0 Å². The Morgan fingerprint density at radius 2 is 2.04 bits per heavy atom. The summed E-state index contributed by atoms with van der Waals surface area (Å²) in [5.74, 6) is 0.401. The molecule has 2 amide bonds. The van der Waals surface area contributed by atoms with E-state index in [-0.39, 0.29) is 24.5 Å². The highest BCUT2D eigenvalue weighted by atomic mass is 79.9. The third kappa shape index (κ3) is 3.46. The maximum Gasteiger partial charge on any atom is 0.262 e. The molecule has 0 saturated carbocycles. The monoisotopic (exact) mass is 414 g/mol. The smallest absolute Gasteiger partial charge is 0.262 e. The molecule has 0 bridgehead atoms. The van der Waals surface area contributed by atoms with Crippen LogP contribution in [-0.4, -0.2) is 35.9 Å². The molecule has 26 heavy (non-hydrogen) atoms. The van der Waals surface area contributed by atoms with Crippen LogP contribution in [0.1, 0.15) is 28.8 Å². The molecule has 0 spiro atoms. The fourth-order valence-corrected chi connectivity index (χ4v) is 3.85. The van der Waals surface area contributed by atoms with Crippen LogP contribution in [0.25, 0.3) is 0 Å². The van der Waals surface area contributed by atoms with E-state index >= 15 is 0 Å². The maximum absolute atomic E-state index is 13.0. The molecule has 0 unspecified atom stereocenters. The van der Waals surface area contributed by atoms with E-state index in [4.69, 9.17) is 4.74 Å². The standard InChI is InChI=1S/C20H19BrN2O3/c21-15-6-3-13(4-7-15)10-16-2-1-9-23(16)20(25)14-5-8-17-18(11-14)26-12-19(24)22-17/h3-8,11,16H,1-2,9-10,12H2,(H,22,24)/t16-/m0/s1. The molecule has 2 aliphatic rings. The summed E-state index contributed by atoms with van der Waals surface area (Å²) in [6.07, 6.45) is 2.89. The first-order chi connectivity index (χ1) is 12.6. The lowest BCUT2D eigenvalue weighted by atomic mass is 10.0. The average molecular weight is 415 g/mol. The second kappa shape index (κ2) is 7.11. The van der Waals surface area contributed by atoms with Gasteiger partial charge in [0, 0.05) is 22.6 Å². The van der Waals surface area contributed by atoms with Crippen molar-refractivity contribution in [3.63, 3.8) is 0 Å². The summed E-state index contributed by atoms with van der Waals surface area (Å²) in [7, 11) is 0. The van der Waals surface area contributed by atoms with E-state index < -0.39 is 0 Å². The summed E-state index contributed by atoms with van der Waals surface area (Å²) < 4.78 is 6.49. The summed E-state index contributed by atoms with van der Waals surface area (Å²) in [6.45, 7) is 0.759. The lowest BCUT2D eigenvalue weighted by Gasteiger charge is -2.26. The third-order valence-electron chi connectivity index (χ3n) is 4.88. The zero-order valence-electron chi connectivity index (χ0n) is 14.2. The zero-order valence-corrected chi connectivity index (χ0v) is 15.8. The topological polar surface area (TPSA) is 58.6 Å². The number of anilines is 1. The van der Waals surface area contributed by atoms with E-state index in [1.165, 1.54) is 5.56 Å². The molecule has 5 nitrogen and oxygen atoms in total. The molecule has 2 aliphatic heterocycles. The number of carbonyl (C=O) groups excluding carboxylic acids is 2. The van der Waals surface area contributed by atoms with Crippen molar-refractivity contribution in [3.8, 4) is 5.75 Å². The molecule has 0 aliphatic carbocycles. The molecule has 2 heterocycles. The van der Waals surface area contributed by atoms with Crippen LogP contribution >= 0.6 is 15.9 Å². The number of carbonyl (C=O) groups is 2. The first kappa shape index (κ1) is 17.1. The number of fused-ring (bicyclic) bond motifs is 1. The second-order valence-electron chi connectivity index (χ2n) is 6.67. The molecular formula is C20H19BrN2O3. The number of nitrogens with zero attached hydrogens (tertiary/aromatic N) is 1. The normalized spacial score (nSPS) is 18.9. The van der Waals surface area contributed by atoms with Crippen molar-refractivity contribution in [2.75, 3.05) is 18.5 Å². The van der Waals surface area contributed by atoms with Crippen LogP contribution in [0, 0.1) is 0 Å². The second-order valence-corrected chi connectivity index (χ2v) is 7.59. The zero-order chi connectivity index (χ0) is 18.1. The predicted octanol–water partition coefficient (Wildman–Crippen LogP) is 3.63. The molecule has 1 fully saturated rings. The molecular weight excluding hydrogens is 396 g/mol. The molecule has 134 valence electrons. The van der Waals surface area contributed by atoms with E-state index in [1.807, 2.05) is 17.0 Å². The van der Waals surface area contributed by atoms with Gasteiger partial charge in [-0.25, -0.2) is 0 Å². The first-order valence-electron chi connectivity index (χ1n) is 8.72. The Balaban J connectivity index is 1.51. The van der Waals surface area contributed by atoms with Crippen LogP contribution in [0.2, 0.25) is 0 Å². The lowest BCUT2D eigenvalue weighted by molar-refractivity contribution is -0.118. The summed E-state index contributed by atoms with van der Waals surface area (Å²) in [6, 6.07) is 13.7. The van der Waals surface area contributed by atoms with Crippen LogP contribution in [0.4, 0.5) is 5.69 Å². The number of halogens is 1. The molecule has 0 aromatic heterocycles. The van der Waals surface area contributed by atoms with Gasteiger partial charge in [0.1, 0.15) is 5.75 Å². The SMILES string of the molecule is O=C1COc2cc(C(=O)N3CCC[C@H]3Cc3ccc(Br)cc3)ccc2N1. The van der Waals surface area contributed by atoms with Gasteiger partial charge in [0.15, 0.2) is 6.61 Å². The van der Waals surface area contributed by atoms with Crippen LogP contribution in [-0.2, 0) is 11.2 Å². The minimum absolute atomic E-state index is 0.0133. The molecule has 2 aromatic rings. The average Bonchev–Trinajstić information content (AvgIpc) is 3.10. The van der Waals surface area contributed by atoms with Gasteiger partial charge in [-0.2, -0.15) is 0 Å². The first-order valence-corrected chi connectivity index (χ1v) is 9.51. The Bertz CT molecular complexity index is 851. The molecule has 1 atom stereocenters. The van der Waals surface area contributed by atoms with E-state index in [0.29, 0.717) is 17.0 Å². The number of hydrogen-bond donors (Lipinski definition) is 1.